The first-order chi connectivity index (χ1) is 13.7. The van der Waals surface area contributed by atoms with Crippen molar-refractivity contribution < 1.29 is 19.0 Å². The SMILES string of the molecule is Cc1ccc(OCC(O)CN2CCOC(c3cccc(F)c3)C2)c(C(C)(C)C)c1. The quantitative estimate of drug-likeness (QED) is 0.786. The minimum Gasteiger partial charge on any atom is -0.491 e. The van der Waals surface area contributed by atoms with Crippen molar-refractivity contribution in [2.45, 2.75) is 45.3 Å². The number of aliphatic hydroxyl groups excluding tert-OH is 1. The van der Waals surface area contributed by atoms with Gasteiger partial charge >= 0.3 is 0 Å². The first-order valence-electron chi connectivity index (χ1n) is 10.2. The van der Waals surface area contributed by atoms with E-state index in [0.29, 0.717) is 19.7 Å². The number of ether oxygens (including phenoxy) is 2. The number of nitrogens with zero attached hydrogens (tertiary/aromatic N) is 1. The second kappa shape index (κ2) is 9.24. The van der Waals surface area contributed by atoms with E-state index in [-0.39, 0.29) is 23.9 Å². The van der Waals surface area contributed by atoms with Crippen LogP contribution in [0.2, 0.25) is 0 Å². The third-order valence-electron chi connectivity index (χ3n) is 5.21. The minimum atomic E-state index is -0.615. The summed E-state index contributed by atoms with van der Waals surface area (Å²) in [6, 6.07) is 12.7. The molecule has 29 heavy (non-hydrogen) atoms. The van der Waals surface area contributed by atoms with Crippen molar-refractivity contribution in [3.05, 3.63) is 65.0 Å². The molecule has 1 saturated heterocycles. The van der Waals surface area contributed by atoms with Crippen LogP contribution in [0, 0.1) is 12.7 Å². The van der Waals surface area contributed by atoms with Gasteiger partial charge in [0.05, 0.1) is 12.7 Å². The van der Waals surface area contributed by atoms with Crippen LogP contribution in [0.5, 0.6) is 5.75 Å². The Hall–Kier alpha value is -1.95. The zero-order chi connectivity index (χ0) is 21.0. The maximum absolute atomic E-state index is 13.5. The maximum Gasteiger partial charge on any atom is 0.123 e. The predicted molar refractivity (Wildman–Crippen MR) is 113 cm³/mol. The smallest absolute Gasteiger partial charge is 0.123 e. The van der Waals surface area contributed by atoms with Gasteiger partial charge in [-0.3, -0.25) is 4.90 Å². The molecule has 2 unspecified atom stereocenters. The molecule has 0 saturated carbocycles. The number of hydrogen-bond acceptors (Lipinski definition) is 4. The van der Waals surface area contributed by atoms with Crippen molar-refractivity contribution in [2.75, 3.05) is 32.8 Å². The molecule has 2 atom stereocenters. The zero-order valence-electron chi connectivity index (χ0n) is 17.8. The standard InChI is InChI=1S/C24H32FNO3/c1-17-8-9-22(21(12-17)24(2,3)4)29-16-20(27)14-26-10-11-28-23(15-26)18-6-5-7-19(25)13-18/h5-9,12-13,20,23,27H,10-11,14-16H2,1-4H3. The molecular weight excluding hydrogens is 369 g/mol. The molecule has 1 fully saturated rings. The van der Waals surface area contributed by atoms with Crippen LogP contribution in [0.4, 0.5) is 4.39 Å². The molecule has 0 radical (unpaired) electrons. The van der Waals surface area contributed by atoms with Crippen LogP contribution in [0.25, 0.3) is 0 Å². The van der Waals surface area contributed by atoms with E-state index >= 15 is 0 Å². The Labute approximate surface area is 173 Å². The molecule has 0 aliphatic carbocycles. The van der Waals surface area contributed by atoms with Gasteiger partial charge in [0.25, 0.3) is 0 Å². The van der Waals surface area contributed by atoms with E-state index in [1.807, 2.05) is 18.2 Å². The highest BCUT2D eigenvalue weighted by atomic mass is 19.1. The molecule has 0 spiro atoms. The monoisotopic (exact) mass is 401 g/mol. The lowest BCUT2D eigenvalue weighted by molar-refractivity contribution is -0.0461. The molecule has 4 nitrogen and oxygen atoms in total. The van der Waals surface area contributed by atoms with Crippen molar-refractivity contribution in [2.24, 2.45) is 0 Å². The number of benzene rings is 2. The summed E-state index contributed by atoms with van der Waals surface area (Å²) in [7, 11) is 0. The van der Waals surface area contributed by atoms with E-state index in [9.17, 15) is 9.50 Å². The molecule has 158 valence electrons. The third-order valence-corrected chi connectivity index (χ3v) is 5.21. The molecule has 1 N–H and O–H groups in total. The van der Waals surface area contributed by atoms with Crippen molar-refractivity contribution in [1.29, 1.82) is 0 Å². The Morgan fingerprint density at radius 3 is 2.76 bits per heavy atom. The van der Waals surface area contributed by atoms with E-state index in [4.69, 9.17) is 9.47 Å². The number of β-amino-alcohol motifs (C(OH)–C–C–N with tert-alkyl or cyclic N) is 1. The lowest BCUT2D eigenvalue weighted by atomic mass is 9.85. The largest absolute Gasteiger partial charge is 0.491 e. The summed E-state index contributed by atoms with van der Waals surface area (Å²) in [6.07, 6.45) is -0.799. The van der Waals surface area contributed by atoms with Gasteiger partial charge in [-0.2, -0.15) is 0 Å². The zero-order valence-corrected chi connectivity index (χ0v) is 17.8. The maximum atomic E-state index is 13.5. The molecule has 3 rings (SSSR count). The first-order valence-corrected chi connectivity index (χ1v) is 10.2. The molecule has 1 aliphatic rings. The topological polar surface area (TPSA) is 41.9 Å². The summed E-state index contributed by atoms with van der Waals surface area (Å²) in [6.45, 7) is 11.2. The number of aliphatic hydroxyl groups is 1. The molecular formula is C24H32FNO3. The molecule has 2 aromatic rings. The fraction of sp³-hybridized carbons (Fsp3) is 0.500. The third kappa shape index (κ3) is 6.01. The van der Waals surface area contributed by atoms with Crippen molar-refractivity contribution in [3.8, 4) is 5.75 Å². The summed E-state index contributed by atoms with van der Waals surface area (Å²) in [5.41, 5.74) is 3.13. The molecule has 0 bridgehead atoms. The van der Waals surface area contributed by atoms with Crippen molar-refractivity contribution >= 4 is 0 Å². The predicted octanol–water partition coefficient (Wildman–Crippen LogP) is 4.24. The van der Waals surface area contributed by atoms with Crippen LogP contribution in [-0.2, 0) is 10.2 Å². The van der Waals surface area contributed by atoms with Gasteiger partial charge in [-0.15, -0.1) is 0 Å². The van der Waals surface area contributed by atoms with E-state index in [1.54, 1.807) is 6.07 Å². The van der Waals surface area contributed by atoms with E-state index in [1.165, 1.54) is 17.7 Å². The lowest BCUT2D eigenvalue weighted by Gasteiger charge is -2.34. The molecule has 0 amide bonds. The highest BCUT2D eigenvalue weighted by Crippen LogP contribution is 2.32. The number of morpholine rings is 1. The fourth-order valence-corrected chi connectivity index (χ4v) is 3.67. The summed E-state index contributed by atoms with van der Waals surface area (Å²) < 4.78 is 25.3. The highest BCUT2D eigenvalue weighted by molar-refractivity contribution is 5.41. The number of rotatable bonds is 6. The molecule has 5 heteroatoms. The van der Waals surface area contributed by atoms with Crippen LogP contribution in [0.15, 0.2) is 42.5 Å². The number of halogens is 1. The average molecular weight is 402 g/mol. The second-order valence-corrected chi connectivity index (χ2v) is 8.89. The van der Waals surface area contributed by atoms with Crippen molar-refractivity contribution in [1.82, 2.24) is 4.90 Å². The molecule has 1 heterocycles. The average Bonchev–Trinajstić information content (AvgIpc) is 2.66. The summed E-state index contributed by atoms with van der Waals surface area (Å²) in [5, 5.41) is 10.5. The fourth-order valence-electron chi connectivity index (χ4n) is 3.67. The molecule has 0 aromatic heterocycles. The Kier molecular flexibility index (Phi) is 6.93. The molecule has 2 aromatic carbocycles. The van der Waals surface area contributed by atoms with Gasteiger partial charge in [-0.05, 0) is 41.7 Å². The van der Waals surface area contributed by atoms with Gasteiger partial charge < -0.3 is 14.6 Å². The highest BCUT2D eigenvalue weighted by Gasteiger charge is 2.25. The normalized spacial score (nSPS) is 19.2. The van der Waals surface area contributed by atoms with Gasteiger partial charge in [-0.25, -0.2) is 4.39 Å². The van der Waals surface area contributed by atoms with Crippen LogP contribution in [-0.4, -0.2) is 49.0 Å². The molecule has 1 aliphatic heterocycles. The first kappa shape index (κ1) is 21.8. The number of aryl methyl sites for hydroxylation is 1. The van der Waals surface area contributed by atoms with Gasteiger partial charge in [0.2, 0.25) is 0 Å². The summed E-state index contributed by atoms with van der Waals surface area (Å²) >= 11 is 0. The summed E-state index contributed by atoms with van der Waals surface area (Å²) in [5.74, 6) is 0.561. The minimum absolute atomic E-state index is 0.0330. The Bertz CT molecular complexity index is 818. The Morgan fingerprint density at radius 1 is 1.24 bits per heavy atom. The van der Waals surface area contributed by atoms with Gasteiger partial charge in [-0.1, -0.05) is 50.6 Å². The van der Waals surface area contributed by atoms with Crippen molar-refractivity contribution in [3.63, 3.8) is 0 Å². The Balaban J connectivity index is 1.57. The van der Waals surface area contributed by atoms with Gasteiger partial charge in [0.15, 0.2) is 0 Å². The van der Waals surface area contributed by atoms with Crippen LogP contribution >= 0.6 is 0 Å². The van der Waals surface area contributed by atoms with E-state index < -0.39 is 6.10 Å². The van der Waals surface area contributed by atoms with E-state index in [0.717, 1.165) is 23.4 Å². The summed E-state index contributed by atoms with van der Waals surface area (Å²) in [4.78, 5) is 2.15. The van der Waals surface area contributed by atoms with Gasteiger partial charge in [0, 0.05) is 19.6 Å². The van der Waals surface area contributed by atoms with Crippen LogP contribution in [0.3, 0.4) is 0 Å². The van der Waals surface area contributed by atoms with Gasteiger partial charge in [0.1, 0.15) is 24.3 Å². The van der Waals surface area contributed by atoms with Crippen LogP contribution < -0.4 is 4.74 Å². The van der Waals surface area contributed by atoms with Crippen LogP contribution in [0.1, 0.15) is 43.6 Å². The number of hydrogen-bond donors (Lipinski definition) is 1. The Morgan fingerprint density at radius 2 is 2.03 bits per heavy atom. The van der Waals surface area contributed by atoms with E-state index in [2.05, 4.69) is 38.7 Å². The lowest BCUT2D eigenvalue weighted by Crippen LogP contribution is -2.43. The second-order valence-electron chi connectivity index (χ2n) is 8.89.